The standard InChI is InChI=1S/C38H44N4P2/c1-39(2)29-13-21-33(22-14-29)43(34-23-15-30(16-24-34)40(3)4)37-11-9-10-12-38(37)44(35-25-17-31(18-26-35)41(5)6)36-27-19-32(20-28-36)42(7)8/h9-28H,1-8H3. The van der Waals surface area contributed by atoms with Crippen molar-refractivity contribution in [2.45, 2.75) is 0 Å². The fraction of sp³-hybridized carbons (Fsp3) is 0.211. The molecular formula is C38H44N4P2. The molecule has 0 heterocycles. The molecule has 0 saturated heterocycles. The van der Waals surface area contributed by atoms with E-state index in [2.05, 4.69) is 197 Å². The molecule has 5 rings (SSSR count). The van der Waals surface area contributed by atoms with Gasteiger partial charge in [-0.25, -0.2) is 0 Å². The van der Waals surface area contributed by atoms with E-state index >= 15 is 0 Å². The topological polar surface area (TPSA) is 13.0 Å². The lowest BCUT2D eigenvalue weighted by Gasteiger charge is -2.28. The van der Waals surface area contributed by atoms with E-state index < -0.39 is 15.8 Å². The van der Waals surface area contributed by atoms with Crippen LogP contribution in [0.15, 0.2) is 121 Å². The van der Waals surface area contributed by atoms with Gasteiger partial charge in [0.15, 0.2) is 0 Å². The van der Waals surface area contributed by atoms with Crippen LogP contribution < -0.4 is 51.4 Å². The van der Waals surface area contributed by atoms with Gasteiger partial charge in [0.2, 0.25) is 0 Å². The third kappa shape index (κ3) is 6.94. The molecule has 5 aromatic carbocycles. The Hall–Kier alpha value is -3.84. The molecule has 0 aliphatic rings. The van der Waals surface area contributed by atoms with E-state index in [1.54, 1.807) is 0 Å². The SMILES string of the molecule is CN(C)c1ccc(P(c2ccc(N(C)C)cc2)c2ccccc2P(c2ccc(N(C)C)cc2)c2ccc(N(C)C)cc2)cc1. The predicted octanol–water partition coefficient (Wildman–Crippen LogP) is 5.47. The van der Waals surface area contributed by atoms with E-state index in [0.717, 1.165) is 0 Å². The summed E-state index contributed by atoms with van der Waals surface area (Å²) in [6, 6.07) is 45.9. The summed E-state index contributed by atoms with van der Waals surface area (Å²) in [7, 11) is 15.2. The Kier molecular flexibility index (Phi) is 9.94. The minimum absolute atomic E-state index is 0.814. The van der Waals surface area contributed by atoms with Gasteiger partial charge < -0.3 is 19.6 Å². The molecule has 5 aromatic rings. The molecule has 0 radical (unpaired) electrons. The number of hydrogen-bond acceptors (Lipinski definition) is 4. The highest BCUT2D eigenvalue weighted by Crippen LogP contribution is 2.40. The Morgan fingerprint density at radius 3 is 0.682 bits per heavy atom. The molecule has 6 heteroatoms. The number of anilines is 4. The summed E-state index contributed by atoms with van der Waals surface area (Å²) in [5.41, 5.74) is 4.85. The lowest BCUT2D eigenvalue weighted by molar-refractivity contribution is 1.13. The average molecular weight is 619 g/mol. The lowest BCUT2D eigenvalue weighted by atomic mass is 10.3. The fourth-order valence-corrected chi connectivity index (χ4v) is 10.5. The highest BCUT2D eigenvalue weighted by atomic mass is 31.1. The molecule has 0 unspecified atom stereocenters. The van der Waals surface area contributed by atoms with Crippen LogP contribution in [0.2, 0.25) is 0 Å². The summed E-state index contributed by atoms with van der Waals surface area (Å²) in [6.45, 7) is 0. The lowest BCUT2D eigenvalue weighted by Crippen LogP contribution is -2.34. The molecule has 4 nitrogen and oxygen atoms in total. The van der Waals surface area contributed by atoms with Gasteiger partial charge in [-0.05, 0) is 96.2 Å². The molecule has 0 N–H and O–H groups in total. The predicted molar refractivity (Wildman–Crippen MR) is 201 cm³/mol. The van der Waals surface area contributed by atoms with Gasteiger partial charge in [0.1, 0.15) is 0 Å². The second-order valence-electron chi connectivity index (χ2n) is 11.8. The van der Waals surface area contributed by atoms with E-state index in [9.17, 15) is 0 Å². The Labute approximate surface area is 267 Å². The molecule has 0 aromatic heterocycles. The zero-order chi connectivity index (χ0) is 31.4. The summed E-state index contributed by atoms with van der Waals surface area (Å²) in [5.74, 6) is 0. The summed E-state index contributed by atoms with van der Waals surface area (Å²) >= 11 is 0. The van der Waals surface area contributed by atoms with Gasteiger partial charge in [0.05, 0.1) is 0 Å². The Morgan fingerprint density at radius 2 is 0.500 bits per heavy atom. The molecular weight excluding hydrogens is 574 g/mol. The molecule has 0 spiro atoms. The molecule has 0 saturated carbocycles. The molecule has 0 bridgehead atoms. The smallest absolute Gasteiger partial charge is 0.0361 e. The van der Waals surface area contributed by atoms with E-state index in [1.807, 2.05) is 0 Å². The van der Waals surface area contributed by atoms with Crippen molar-refractivity contribution in [1.82, 2.24) is 0 Å². The Morgan fingerprint density at radius 1 is 0.295 bits per heavy atom. The van der Waals surface area contributed by atoms with Crippen molar-refractivity contribution in [2.24, 2.45) is 0 Å². The Balaban J connectivity index is 1.72. The summed E-state index contributed by atoms with van der Waals surface area (Å²) in [6.07, 6.45) is 0. The maximum atomic E-state index is 2.37. The van der Waals surface area contributed by atoms with Crippen LogP contribution in [0, 0.1) is 0 Å². The van der Waals surface area contributed by atoms with Gasteiger partial charge in [-0.2, -0.15) is 0 Å². The normalized spacial score (nSPS) is 11.1. The summed E-state index contributed by atoms with van der Waals surface area (Å²) < 4.78 is 0. The van der Waals surface area contributed by atoms with Crippen LogP contribution in [0.4, 0.5) is 22.7 Å². The van der Waals surface area contributed by atoms with Crippen LogP contribution in [0.1, 0.15) is 0 Å². The first kappa shape index (κ1) is 31.6. The number of hydrogen-bond donors (Lipinski definition) is 0. The zero-order valence-corrected chi connectivity index (χ0v) is 29.0. The van der Waals surface area contributed by atoms with Crippen LogP contribution >= 0.6 is 15.8 Å². The number of nitrogens with zero attached hydrogens (tertiary/aromatic N) is 4. The second-order valence-corrected chi connectivity index (χ2v) is 16.2. The maximum Gasteiger partial charge on any atom is 0.0361 e. The summed E-state index contributed by atoms with van der Waals surface area (Å²) in [4.78, 5) is 8.67. The minimum Gasteiger partial charge on any atom is -0.378 e. The second kappa shape index (κ2) is 13.9. The Bertz CT molecular complexity index is 1420. The third-order valence-electron chi connectivity index (χ3n) is 7.86. The monoisotopic (exact) mass is 618 g/mol. The van der Waals surface area contributed by atoms with E-state index in [0.29, 0.717) is 0 Å². The van der Waals surface area contributed by atoms with E-state index in [1.165, 1.54) is 54.6 Å². The van der Waals surface area contributed by atoms with Crippen molar-refractivity contribution in [3.8, 4) is 0 Å². The van der Waals surface area contributed by atoms with Gasteiger partial charge in [-0.15, -0.1) is 0 Å². The first-order chi connectivity index (χ1) is 21.1. The molecule has 0 aliphatic heterocycles. The molecule has 0 atom stereocenters. The van der Waals surface area contributed by atoms with Crippen LogP contribution in [-0.4, -0.2) is 56.4 Å². The van der Waals surface area contributed by atoms with Crippen molar-refractivity contribution in [3.63, 3.8) is 0 Å². The average Bonchev–Trinajstić information content (AvgIpc) is 3.03. The van der Waals surface area contributed by atoms with Crippen molar-refractivity contribution >= 4 is 70.4 Å². The first-order valence-corrected chi connectivity index (χ1v) is 17.6. The van der Waals surface area contributed by atoms with Gasteiger partial charge in [0, 0.05) is 79.1 Å². The van der Waals surface area contributed by atoms with Gasteiger partial charge in [-0.1, -0.05) is 72.8 Å². The zero-order valence-electron chi connectivity index (χ0n) is 27.2. The quantitative estimate of drug-likeness (QED) is 0.193. The summed E-state index contributed by atoms with van der Waals surface area (Å²) in [5, 5.41) is 8.26. The van der Waals surface area contributed by atoms with Crippen molar-refractivity contribution in [2.75, 3.05) is 76.0 Å². The maximum absolute atomic E-state index is 2.37. The van der Waals surface area contributed by atoms with Gasteiger partial charge in [-0.3, -0.25) is 0 Å². The van der Waals surface area contributed by atoms with E-state index in [4.69, 9.17) is 0 Å². The van der Waals surface area contributed by atoms with Crippen molar-refractivity contribution in [3.05, 3.63) is 121 Å². The molecule has 226 valence electrons. The van der Waals surface area contributed by atoms with E-state index in [-0.39, 0.29) is 0 Å². The van der Waals surface area contributed by atoms with Crippen molar-refractivity contribution < 1.29 is 0 Å². The number of rotatable bonds is 10. The van der Waals surface area contributed by atoms with Crippen LogP contribution in [0.5, 0.6) is 0 Å². The third-order valence-corrected chi connectivity index (χ3v) is 13.0. The molecule has 44 heavy (non-hydrogen) atoms. The minimum atomic E-state index is -0.814. The largest absolute Gasteiger partial charge is 0.378 e. The van der Waals surface area contributed by atoms with Crippen LogP contribution in [-0.2, 0) is 0 Å². The molecule has 0 fully saturated rings. The van der Waals surface area contributed by atoms with Gasteiger partial charge >= 0.3 is 0 Å². The molecule has 0 aliphatic carbocycles. The van der Waals surface area contributed by atoms with Crippen molar-refractivity contribution in [1.29, 1.82) is 0 Å². The fourth-order valence-electron chi connectivity index (χ4n) is 5.30. The van der Waals surface area contributed by atoms with Crippen LogP contribution in [0.3, 0.4) is 0 Å². The van der Waals surface area contributed by atoms with Crippen LogP contribution in [0.25, 0.3) is 0 Å². The highest BCUT2D eigenvalue weighted by molar-refractivity contribution is 7.85. The van der Waals surface area contributed by atoms with Gasteiger partial charge in [0.25, 0.3) is 0 Å². The highest BCUT2D eigenvalue weighted by Gasteiger charge is 2.26. The number of benzene rings is 5. The first-order valence-electron chi connectivity index (χ1n) is 14.9. The molecule has 0 amide bonds.